The average molecular weight is 655 g/mol. The summed E-state index contributed by atoms with van der Waals surface area (Å²) in [5, 5.41) is 10.4. The molecule has 246 valence electrons. The standard InChI is InChI=1S/C37H42N4O5S/c1-24(46-37(44)38-2)34(42)40-33(26-14-7-4-8-15-26)36(43)41-21-11-18-31(41)35-39-30(23-47-35)28-19-20-32(29-17-10-9-16-27(28)29)45-22-25-12-5-3-6-13-25/h3,5-6,9-10,12-13,16-17,19-20,23-24,26,31,33H,4,7-8,11,14-15,18,21-22H2,1-2H3,(H,38,44)(H,40,42)/t24-,31-,33-/m0/s1. The molecule has 0 bridgehead atoms. The molecular formula is C37H42N4O5S. The fourth-order valence-corrected chi connectivity index (χ4v) is 7.74. The summed E-state index contributed by atoms with van der Waals surface area (Å²) in [7, 11) is 1.44. The van der Waals surface area contributed by atoms with Gasteiger partial charge in [-0.3, -0.25) is 9.59 Å². The van der Waals surface area contributed by atoms with Crippen LogP contribution in [0.25, 0.3) is 22.0 Å². The predicted molar refractivity (Wildman–Crippen MR) is 183 cm³/mol. The lowest BCUT2D eigenvalue weighted by molar-refractivity contribution is -0.141. The summed E-state index contributed by atoms with van der Waals surface area (Å²) in [6, 6.07) is 21.6. The summed E-state index contributed by atoms with van der Waals surface area (Å²) in [5.74, 6) is 0.312. The number of alkyl carbamates (subject to hydrolysis) is 1. The monoisotopic (exact) mass is 654 g/mol. The van der Waals surface area contributed by atoms with E-state index >= 15 is 0 Å². The lowest BCUT2D eigenvalue weighted by Crippen LogP contribution is -2.54. The number of carbonyl (C=O) groups excluding carboxylic acids is 3. The van der Waals surface area contributed by atoms with Crippen molar-refractivity contribution in [3.8, 4) is 17.0 Å². The molecule has 1 aliphatic carbocycles. The molecule has 1 saturated carbocycles. The number of aromatic nitrogens is 1. The molecule has 2 aliphatic rings. The highest BCUT2D eigenvalue weighted by molar-refractivity contribution is 7.10. The Morgan fingerprint density at radius 1 is 0.936 bits per heavy atom. The quantitative estimate of drug-likeness (QED) is 0.190. The van der Waals surface area contributed by atoms with E-state index in [-0.39, 0.29) is 17.9 Å². The van der Waals surface area contributed by atoms with Crippen molar-refractivity contribution in [2.45, 2.75) is 76.7 Å². The molecule has 2 heterocycles. The molecule has 0 spiro atoms. The summed E-state index contributed by atoms with van der Waals surface area (Å²) >= 11 is 1.57. The van der Waals surface area contributed by atoms with Crippen LogP contribution in [0.2, 0.25) is 0 Å². The minimum Gasteiger partial charge on any atom is -0.488 e. The van der Waals surface area contributed by atoms with Crippen LogP contribution in [0.5, 0.6) is 5.75 Å². The number of hydrogen-bond donors (Lipinski definition) is 2. The van der Waals surface area contributed by atoms with Crippen molar-refractivity contribution in [1.82, 2.24) is 20.5 Å². The maximum absolute atomic E-state index is 14.3. The van der Waals surface area contributed by atoms with Gasteiger partial charge in [0.05, 0.1) is 11.7 Å². The summed E-state index contributed by atoms with van der Waals surface area (Å²) in [6.07, 6.45) is 4.90. The minimum atomic E-state index is -1.02. The van der Waals surface area contributed by atoms with Crippen molar-refractivity contribution in [2.75, 3.05) is 13.6 Å². The number of nitrogens with one attached hydrogen (secondary N) is 2. The van der Waals surface area contributed by atoms with Crippen LogP contribution in [-0.2, 0) is 20.9 Å². The molecule has 3 amide bonds. The largest absolute Gasteiger partial charge is 0.488 e. The molecule has 10 heteroatoms. The van der Waals surface area contributed by atoms with E-state index in [0.29, 0.717) is 13.2 Å². The Labute approximate surface area is 279 Å². The highest BCUT2D eigenvalue weighted by Crippen LogP contribution is 2.40. The Hall–Kier alpha value is -4.44. The average Bonchev–Trinajstić information content (AvgIpc) is 3.80. The number of hydrogen-bond acceptors (Lipinski definition) is 7. The summed E-state index contributed by atoms with van der Waals surface area (Å²) in [4.78, 5) is 46.1. The zero-order valence-electron chi connectivity index (χ0n) is 26.9. The van der Waals surface area contributed by atoms with Crippen LogP contribution in [0, 0.1) is 5.92 Å². The van der Waals surface area contributed by atoms with Crippen molar-refractivity contribution in [3.63, 3.8) is 0 Å². The number of carbonyl (C=O) groups is 3. The van der Waals surface area contributed by atoms with E-state index in [4.69, 9.17) is 14.5 Å². The van der Waals surface area contributed by atoms with Crippen LogP contribution in [-0.4, -0.2) is 53.5 Å². The van der Waals surface area contributed by atoms with Crippen LogP contribution < -0.4 is 15.4 Å². The Morgan fingerprint density at radius 3 is 2.45 bits per heavy atom. The Balaban J connectivity index is 1.22. The molecule has 1 saturated heterocycles. The van der Waals surface area contributed by atoms with Gasteiger partial charge in [-0.25, -0.2) is 9.78 Å². The second-order valence-corrected chi connectivity index (χ2v) is 13.3. The van der Waals surface area contributed by atoms with E-state index in [0.717, 1.165) is 83.3 Å². The van der Waals surface area contributed by atoms with Crippen LogP contribution in [0.1, 0.15) is 68.5 Å². The van der Waals surface area contributed by atoms with Gasteiger partial charge < -0.3 is 25.0 Å². The molecule has 0 unspecified atom stereocenters. The smallest absolute Gasteiger partial charge is 0.407 e. The maximum atomic E-state index is 14.3. The number of thiazole rings is 1. The van der Waals surface area contributed by atoms with Crippen molar-refractivity contribution >= 4 is 40.0 Å². The minimum absolute atomic E-state index is 0.0366. The van der Waals surface area contributed by atoms with Gasteiger partial charge in [-0.05, 0) is 61.6 Å². The highest BCUT2D eigenvalue weighted by atomic mass is 32.1. The molecule has 3 atom stereocenters. The Kier molecular flexibility index (Phi) is 10.4. The predicted octanol–water partition coefficient (Wildman–Crippen LogP) is 7.02. The normalized spacial score (nSPS) is 18.0. The van der Waals surface area contributed by atoms with E-state index in [9.17, 15) is 14.4 Å². The van der Waals surface area contributed by atoms with Gasteiger partial charge >= 0.3 is 6.09 Å². The number of nitrogens with zero attached hydrogens (tertiary/aromatic N) is 2. The van der Waals surface area contributed by atoms with E-state index in [1.165, 1.54) is 14.0 Å². The van der Waals surface area contributed by atoms with Gasteiger partial charge in [-0.2, -0.15) is 0 Å². The summed E-state index contributed by atoms with van der Waals surface area (Å²) in [6.45, 7) is 2.62. The first-order valence-corrected chi connectivity index (χ1v) is 17.4. The lowest BCUT2D eigenvalue weighted by atomic mass is 9.83. The van der Waals surface area contributed by atoms with Gasteiger partial charge in [-0.1, -0.05) is 73.9 Å². The first-order valence-electron chi connectivity index (χ1n) is 16.6. The van der Waals surface area contributed by atoms with Crippen LogP contribution in [0.4, 0.5) is 4.79 Å². The van der Waals surface area contributed by atoms with E-state index in [1.807, 2.05) is 41.3 Å². The number of ether oxygens (including phenoxy) is 2. The molecule has 47 heavy (non-hydrogen) atoms. The number of fused-ring (bicyclic) bond motifs is 1. The fourth-order valence-electron chi connectivity index (χ4n) is 6.78. The van der Waals surface area contributed by atoms with Gasteiger partial charge in [0.25, 0.3) is 5.91 Å². The van der Waals surface area contributed by atoms with E-state index in [1.54, 1.807) is 11.3 Å². The third kappa shape index (κ3) is 7.43. The van der Waals surface area contributed by atoms with Crippen molar-refractivity contribution in [1.29, 1.82) is 0 Å². The van der Waals surface area contributed by atoms with Crippen molar-refractivity contribution in [3.05, 3.63) is 82.7 Å². The molecule has 3 aromatic carbocycles. The molecule has 2 fully saturated rings. The molecular weight excluding hydrogens is 612 g/mol. The molecule has 1 aromatic heterocycles. The number of rotatable bonds is 10. The van der Waals surface area contributed by atoms with Gasteiger partial charge in [0.15, 0.2) is 6.10 Å². The first-order chi connectivity index (χ1) is 22.9. The second-order valence-electron chi connectivity index (χ2n) is 12.4. The van der Waals surface area contributed by atoms with Gasteiger partial charge in [-0.15, -0.1) is 11.3 Å². The number of likely N-dealkylation sites (tertiary alicyclic amines) is 1. The third-order valence-corrected chi connectivity index (χ3v) is 10.2. The Bertz CT molecular complexity index is 1700. The van der Waals surface area contributed by atoms with Crippen LogP contribution in [0.15, 0.2) is 72.1 Å². The van der Waals surface area contributed by atoms with Gasteiger partial charge in [0.2, 0.25) is 5.91 Å². The van der Waals surface area contributed by atoms with Crippen LogP contribution in [0.3, 0.4) is 0 Å². The van der Waals surface area contributed by atoms with Crippen molar-refractivity contribution in [2.24, 2.45) is 5.92 Å². The Morgan fingerprint density at radius 2 is 1.68 bits per heavy atom. The SMILES string of the molecule is CNC(=O)O[C@@H](C)C(=O)N[C@H](C(=O)N1CCC[C@H]1c1nc(-c2ccc(OCc3ccccc3)c3ccccc23)cs1)C1CCCCC1. The van der Waals surface area contributed by atoms with Crippen LogP contribution >= 0.6 is 11.3 Å². The van der Waals surface area contributed by atoms with Crippen molar-refractivity contribution < 1.29 is 23.9 Å². The highest BCUT2D eigenvalue weighted by Gasteiger charge is 2.40. The van der Waals surface area contributed by atoms with E-state index < -0.39 is 24.1 Å². The first kappa shape index (κ1) is 32.5. The summed E-state index contributed by atoms with van der Waals surface area (Å²) in [5.41, 5.74) is 2.99. The zero-order chi connectivity index (χ0) is 32.8. The molecule has 4 aromatic rings. The number of amides is 3. The third-order valence-electron chi connectivity index (χ3n) is 9.28. The molecule has 1 aliphatic heterocycles. The van der Waals surface area contributed by atoms with E-state index in [2.05, 4.69) is 46.3 Å². The van der Waals surface area contributed by atoms with Gasteiger partial charge in [0.1, 0.15) is 23.4 Å². The topological polar surface area (TPSA) is 110 Å². The fraction of sp³-hybridized carbons (Fsp3) is 0.405. The molecule has 2 N–H and O–H groups in total. The maximum Gasteiger partial charge on any atom is 0.407 e. The van der Waals surface area contributed by atoms with Gasteiger partial charge in [0, 0.05) is 29.9 Å². The summed E-state index contributed by atoms with van der Waals surface area (Å²) < 4.78 is 11.4. The zero-order valence-corrected chi connectivity index (χ0v) is 27.8. The molecule has 6 rings (SSSR count). The molecule has 9 nitrogen and oxygen atoms in total. The lowest BCUT2D eigenvalue weighted by Gasteiger charge is -2.35. The number of benzene rings is 3. The molecule has 0 radical (unpaired) electrons. The second kappa shape index (κ2) is 15.0.